The molecule has 0 aliphatic carbocycles. The van der Waals surface area contributed by atoms with Crippen LogP contribution in [0.25, 0.3) is 0 Å². The molecule has 0 aliphatic heterocycles. The number of thioether (sulfide) groups is 1. The van der Waals surface area contributed by atoms with E-state index in [0.29, 0.717) is 22.8 Å². The summed E-state index contributed by atoms with van der Waals surface area (Å²) in [4.78, 5) is 0. The van der Waals surface area contributed by atoms with E-state index < -0.39 is 0 Å². The van der Waals surface area contributed by atoms with Gasteiger partial charge in [0.1, 0.15) is 5.82 Å². The number of aromatic nitrogens is 2. The van der Waals surface area contributed by atoms with Crippen LogP contribution in [0.15, 0.2) is 33.9 Å². The first-order chi connectivity index (χ1) is 9.60. The Morgan fingerprint density at radius 3 is 2.65 bits per heavy atom. The molecule has 0 spiro atoms. The van der Waals surface area contributed by atoms with E-state index in [-0.39, 0.29) is 11.9 Å². The van der Waals surface area contributed by atoms with Crippen molar-refractivity contribution < 1.29 is 8.81 Å². The summed E-state index contributed by atoms with van der Waals surface area (Å²) in [6.07, 6.45) is 0.960. The van der Waals surface area contributed by atoms with Crippen LogP contribution < -0.4 is 5.73 Å². The standard InChI is InChI=1S/C14H18FN3OS/c1-3-9(2)12(16)13-17-18-14(19-13)20-8-10-4-6-11(15)7-5-10/h4-7,9,12H,3,8,16H2,1-2H3/t9-,12+/m1/s1. The van der Waals surface area contributed by atoms with Crippen molar-refractivity contribution in [3.05, 3.63) is 41.5 Å². The number of hydrogen-bond acceptors (Lipinski definition) is 5. The van der Waals surface area contributed by atoms with Crippen molar-refractivity contribution in [1.29, 1.82) is 0 Å². The van der Waals surface area contributed by atoms with Crippen molar-refractivity contribution in [2.24, 2.45) is 11.7 Å². The minimum Gasteiger partial charge on any atom is -0.414 e. The fourth-order valence-electron chi connectivity index (χ4n) is 1.64. The monoisotopic (exact) mass is 295 g/mol. The first-order valence-corrected chi connectivity index (χ1v) is 7.55. The maximum atomic E-state index is 12.8. The van der Waals surface area contributed by atoms with Crippen LogP contribution in [-0.2, 0) is 5.75 Å². The Hall–Kier alpha value is -1.40. The number of nitrogens with two attached hydrogens (primary N) is 1. The van der Waals surface area contributed by atoms with Crippen molar-refractivity contribution in [3.63, 3.8) is 0 Å². The molecule has 20 heavy (non-hydrogen) atoms. The van der Waals surface area contributed by atoms with Gasteiger partial charge in [-0.3, -0.25) is 0 Å². The number of benzene rings is 1. The second-order valence-corrected chi connectivity index (χ2v) is 5.66. The number of nitrogens with zero attached hydrogens (tertiary/aromatic N) is 2. The fourth-order valence-corrected chi connectivity index (χ4v) is 2.36. The summed E-state index contributed by atoms with van der Waals surface area (Å²) in [6.45, 7) is 4.13. The van der Waals surface area contributed by atoms with E-state index in [9.17, 15) is 4.39 Å². The van der Waals surface area contributed by atoms with Gasteiger partial charge >= 0.3 is 0 Å². The van der Waals surface area contributed by atoms with Gasteiger partial charge in [-0.15, -0.1) is 10.2 Å². The topological polar surface area (TPSA) is 64.9 Å². The van der Waals surface area contributed by atoms with Crippen molar-refractivity contribution in [3.8, 4) is 0 Å². The summed E-state index contributed by atoms with van der Waals surface area (Å²) in [5.74, 6) is 1.19. The molecule has 0 aliphatic rings. The molecule has 4 nitrogen and oxygen atoms in total. The molecule has 2 N–H and O–H groups in total. The molecule has 0 saturated heterocycles. The molecular formula is C14H18FN3OS. The molecule has 1 heterocycles. The summed E-state index contributed by atoms with van der Waals surface area (Å²) < 4.78 is 18.3. The molecule has 2 aromatic rings. The van der Waals surface area contributed by atoms with Gasteiger partial charge in [0, 0.05) is 5.75 Å². The van der Waals surface area contributed by atoms with Gasteiger partial charge in [-0.25, -0.2) is 4.39 Å². The second kappa shape index (κ2) is 6.85. The minimum atomic E-state index is -0.238. The van der Waals surface area contributed by atoms with Gasteiger partial charge in [0.2, 0.25) is 5.89 Å². The molecule has 0 radical (unpaired) electrons. The van der Waals surface area contributed by atoms with Crippen LogP contribution in [0.3, 0.4) is 0 Å². The molecule has 108 valence electrons. The molecule has 1 aromatic carbocycles. The van der Waals surface area contributed by atoms with Gasteiger partial charge in [-0.05, 0) is 23.6 Å². The molecule has 1 aromatic heterocycles. The van der Waals surface area contributed by atoms with Crippen LogP contribution in [0.4, 0.5) is 4.39 Å². The zero-order valence-electron chi connectivity index (χ0n) is 11.5. The van der Waals surface area contributed by atoms with E-state index in [2.05, 4.69) is 24.0 Å². The Kier molecular flexibility index (Phi) is 5.14. The van der Waals surface area contributed by atoms with E-state index in [1.54, 1.807) is 12.1 Å². The fraction of sp³-hybridized carbons (Fsp3) is 0.429. The third kappa shape index (κ3) is 3.80. The maximum Gasteiger partial charge on any atom is 0.276 e. The zero-order valence-corrected chi connectivity index (χ0v) is 12.4. The zero-order chi connectivity index (χ0) is 14.5. The van der Waals surface area contributed by atoms with Crippen LogP contribution in [0, 0.1) is 11.7 Å². The number of rotatable bonds is 6. The van der Waals surface area contributed by atoms with Crippen molar-refractivity contribution in [2.45, 2.75) is 37.3 Å². The largest absolute Gasteiger partial charge is 0.414 e. The lowest BCUT2D eigenvalue weighted by molar-refractivity contribution is 0.333. The van der Waals surface area contributed by atoms with E-state index in [1.165, 1.54) is 23.9 Å². The lowest BCUT2D eigenvalue weighted by Gasteiger charge is -2.13. The van der Waals surface area contributed by atoms with Crippen molar-refractivity contribution in [2.75, 3.05) is 0 Å². The van der Waals surface area contributed by atoms with Gasteiger partial charge in [-0.2, -0.15) is 0 Å². The molecule has 2 rings (SSSR count). The van der Waals surface area contributed by atoms with Crippen molar-refractivity contribution >= 4 is 11.8 Å². The molecule has 2 atom stereocenters. The van der Waals surface area contributed by atoms with E-state index in [4.69, 9.17) is 10.2 Å². The lowest BCUT2D eigenvalue weighted by atomic mass is 10.0. The molecular weight excluding hydrogens is 277 g/mol. The molecule has 0 saturated carbocycles. The third-order valence-electron chi connectivity index (χ3n) is 3.24. The highest BCUT2D eigenvalue weighted by atomic mass is 32.2. The second-order valence-electron chi connectivity index (χ2n) is 4.73. The molecule has 6 heteroatoms. The normalized spacial score (nSPS) is 14.2. The quantitative estimate of drug-likeness (QED) is 0.826. The van der Waals surface area contributed by atoms with Crippen LogP contribution in [0.2, 0.25) is 0 Å². The highest BCUT2D eigenvalue weighted by Gasteiger charge is 2.19. The van der Waals surface area contributed by atoms with Gasteiger partial charge in [0.25, 0.3) is 5.22 Å². The predicted octanol–water partition coefficient (Wildman–Crippen LogP) is 3.55. The first-order valence-electron chi connectivity index (χ1n) is 6.56. The maximum absolute atomic E-state index is 12.8. The third-order valence-corrected chi connectivity index (χ3v) is 4.13. The molecule has 0 unspecified atom stereocenters. The van der Waals surface area contributed by atoms with Gasteiger partial charge in [0.15, 0.2) is 0 Å². The van der Waals surface area contributed by atoms with Crippen LogP contribution in [0.1, 0.15) is 37.8 Å². The SMILES string of the molecule is CC[C@@H](C)[C@H](N)c1nnc(SCc2ccc(F)cc2)o1. The van der Waals surface area contributed by atoms with E-state index in [1.807, 2.05) is 0 Å². The molecule has 0 bridgehead atoms. The van der Waals surface area contributed by atoms with Crippen LogP contribution >= 0.6 is 11.8 Å². The Balaban J connectivity index is 1.94. The summed E-state index contributed by atoms with van der Waals surface area (Å²) in [6, 6.07) is 6.13. The van der Waals surface area contributed by atoms with E-state index >= 15 is 0 Å². The molecule has 0 fully saturated rings. The minimum absolute atomic E-state index is 0.229. The highest BCUT2D eigenvalue weighted by molar-refractivity contribution is 7.98. The first kappa shape index (κ1) is 15.0. The predicted molar refractivity (Wildman–Crippen MR) is 76.6 cm³/mol. The number of halogens is 1. The summed E-state index contributed by atoms with van der Waals surface area (Å²) >= 11 is 1.42. The van der Waals surface area contributed by atoms with Crippen LogP contribution in [-0.4, -0.2) is 10.2 Å². The Morgan fingerprint density at radius 2 is 2.00 bits per heavy atom. The summed E-state index contributed by atoms with van der Waals surface area (Å²) in [7, 11) is 0. The average Bonchev–Trinajstić information content (AvgIpc) is 2.94. The average molecular weight is 295 g/mol. The summed E-state index contributed by atoms with van der Waals surface area (Å²) in [5.41, 5.74) is 7.04. The van der Waals surface area contributed by atoms with Crippen molar-refractivity contribution in [1.82, 2.24) is 10.2 Å². The Labute approximate surface area is 122 Å². The highest BCUT2D eigenvalue weighted by Crippen LogP contribution is 2.26. The van der Waals surface area contributed by atoms with Gasteiger partial charge < -0.3 is 10.2 Å². The smallest absolute Gasteiger partial charge is 0.276 e. The lowest BCUT2D eigenvalue weighted by Crippen LogP contribution is -2.18. The Bertz CT molecular complexity index is 544. The van der Waals surface area contributed by atoms with Crippen LogP contribution in [0.5, 0.6) is 0 Å². The van der Waals surface area contributed by atoms with E-state index in [0.717, 1.165) is 12.0 Å². The Morgan fingerprint density at radius 1 is 1.30 bits per heavy atom. The number of hydrogen-bond donors (Lipinski definition) is 1. The van der Waals surface area contributed by atoms with Gasteiger partial charge in [0.05, 0.1) is 6.04 Å². The molecule has 0 amide bonds. The summed E-state index contributed by atoms with van der Waals surface area (Å²) in [5, 5.41) is 8.46. The van der Waals surface area contributed by atoms with Gasteiger partial charge in [-0.1, -0.05) is 44.2 Å².